The number of hydrogen-bond donors (Lipinski definition) is 1. The second-order valence-corrected chi connectivity index (χ2v) is 8.00. The van der Waals surface area contributed by atoms with Gasteiger partial charge >= 0.3 is 0 Å². The molecule has 1 unspecified atom stereocenters. The molecule has 3 heterocycles. The molecule has 1 saturated heterocycles. The largest absolute Gasteiger partial charge is 0.368 e. The number of aromatic nitrogens is 2. The molecule has 1 aliphatic heterocycles. The van der Waals surface area contributed by atoms with E-state index in [1.807, 2.05) is 35.9 Å². The Labute approximate surface area is 161 Å². The first-order chi connectivity index (χ1) is 13.0. The van der Waals surface area contributed by atoms with Gasteiger partial charge in [-0.3, -0.25) is 14.3 Å². The first kappa shape index (κ1) is 17.7. The summed E-state index contributed by atoms with van der Waals surface area (Å²) >= 11 is 1.44. The number of hydrogen-bond acceptors (Lipinski definition) is 4. The molecule has 1 aromatic carbocycles. The van der Waals surface area contributed by atoms with Crippen LogP contribution in [0.15, 0.2) is 36.4 Å². The maximum atomic E-state index is 13.1. The smallest absolute Gasteiger partial charge is 0.264 e. The number of amides is 2. The Kier molecular flexibility index (Phi) is 4.70. The Morgan fingerprint density at radius 3 is 2.78 bits per heavy atom. The van der Waals surface area contributed by atoms with Gasteiger partial charge in [0.15, 0.2) is 0 Å². The second kappa shape index (κ2) is 7.15. The molecule has 140 valence electrons. The van der Waals surface area contributed by atoms with Crippen LogP contribution < -0.4 is 5.73 Å². The average molecular weight is 382 g/mol. The van der Waals surface area contributed by atoms with E-state index in [2.05, 4.69) is 17.2 Å². The molecule has 27 heavy (non-hydrogen) atoms. The van der Waals surface area contributed by atoms with Gasteiger partial charge < -0.3 is 10.6 Å². The van der Waals surface area contributed by atoms with Crippen molar-refractivity contribution in [3.63, 3.8) is 0 Å². The van der Waals surface area contributed by atoms with Gasteiger partial charge in [-0.15, -0.1) is 11.3 Å². The minimum atomic E-state index is -0.502. The van der Waals surface area contributed by atoms with Crippen LogP contribution in [0.3, 0.4) is 0 Å². The van der Waals surface area contributed by atoms with E-state index in [0.717, 1.165) is 34.3 Å². The van der Waals surface area contributed by atoms with E-state index < -0.39 is 11.9 Å². The highest BCUT2D eigenvalue weighted by atomic mass is 32.1. The molecule has 4 rings (SSSR count). The zero-order chi connectivity index (χ0) is 19.0. The third kappa shape index (κ3) is 3.35. The summed E-state index contributed by atoms with van der Waals surface area (Å²) in [6.45, 7) is 3.20. The number of thiophene rings is 1. The molecule has 1 aliphatic rings. The van der Waals surface area contributed by atoms with Crippen molar-refractivity contribution in [3.8, 4) is 0 Å². The lowest BCUT2D eigenvalue weighted by Gasteiger charge is -2.33. The monoisotopic (exact) mass is 382 g/mol. The zero-order valence-electron chi connectivity index (χ0n) is 15.2. The molecule has 7 heteroatoms. The molecule has 2 amide bonds. The topological polar surface area (TPSA) is 81.2 Å². The minimum Gasteiger partial charge on any atom is -0.368 e. The van der Waals surface area contributed by atoms with Crippen LogP contribution in [0, 0.1) is 6.92 Å². The number of carbonyl (C=O) groups is 2. The number of nitrogens with two attached hydrogens (primary N) is 1. The molecular weight excluding hydrogens is 360 g/mol. The molecule has 0 radical (unpaired) electrons. The van der Waals surface area contributed by atoms with Crippen molar-refractivity contribution in [1.82, 2.24) is 14.7 Å². The number of aryl methyl sites for hydroxylation is 1. The molecule has 0 saturated carbocycles. The van der Waals surface area contributed by atoms with E-state index in [9.17, 15) is 9.59 Å². The van der Waals surface area contributed by atoms with Crippen LogP contribution in [-0.4, -0.2) is 39.1 Å². The van der Waals surface area contributed by atoms with Crippen LogP contribution in [0.1, 0.15) is 40.2 Å². The molecule has 0 aliphatic carbocycles. The van der Waals surface area contributed by atoms with Crippen LogP contribution in [-0.2, 0) is 11.3 Å². The van der Waals surface area contributed by atoms with E-state index in [1.165, 1.54) is 11.3 Å². The fourth-order valence-electron chi connectivity index (χ4n) is 3.69. The van der Waals surface area contributed by atoms with E-state index in [-0.39, 0.29) is 5.91 Å². The van der Waals surface area contributed by atoms with Gasteiger partial charge in [-0.2, -0.15) is 5.10 Å². The SMILES string of the molecule is Cc1nn(Cc2ccccc2)c2sc(C(=O)N3CCCCC3C(N)=O)cc12. The Balaban J connectivity index is 1.66. The Morgan fingerprint density at radius 1 is 1.26 bits per heavy atom. The van der Waals surface area contributed by atoms with Crippen LogP contribution in [0.2, 0.25) is 0 Å². The molecule has 0 spiro atoms. The molecule has 6 nitrogen and oxygen atoms in total. The average Bonchev–Trinajstić information content (AvgIpc) is 3.23. The van der Waals surface area contributed by atoms with E-state index in [4.69, 9.17) is 5.73 Å². The standard InChI is InChI=1S/C20H22N4O2S/c1-13-15-11-17(19(26)23-10-6-5-9-16(23)18(21)25)27-20(15)24(22-13)12-14-7-3-2-4-8-14/h2-4,7-8,11,16H,5-6,9-10,12H2,1H3,(H2,21,25). The zero-order valence-corrected chi connectivity index (χ0v) is 16.0. The van der Waals surface area contributed by atoms with Gasteiger partial charge in [0, 0.05) is 11.9 Å². The van der Waals surface area contributed by atoms with E-state index in [0.29, 0.717) is 24.4 Å². The van der Waals surface area contributed by atoms with E-state index in [1.54, 1.807) is 4.90 Å². The molecule has 2 N–H and O–H groups in total. The quantitative estimate of drug-likeness (QED) is 0.753. The number of piperidine rings is 1. The van der Waals surface area contributed by atoms with E-state index >= 15 is 0 Å². The van der Waals surface area contributed by atoms with Crippen molar-refractivity contribution < 1.29 is 9.59 Å². The van der Waals surface area contributed by atoms with Gasteiger partial charge in [-0.05, 0) is 37.8 Å². The number of primary amides is 1. The summed E-state index contributed by atoms with van der Waals surface area (Å²) in [6.07, 6.45) is 2.48. The maximum absolute atomic E-state index is 13.1. The molecule has 1 atom stereocenters. The lowest BCUT2D eigenvalue weighted by Crippen LogP contribution is -2.50. The van der Waals surface area contributed by atoms with Gasteiger partial charge in [0.05, 0.1) is 17.1 Å². The summed E-state index contributed by atoms with van der Waals surface area (Å²) in [4.78, 5) is 28.1. The van der Waals surface area contributed by atoms with Crippen molar-refractivity contribution >= 4 is 33.4 Å². The van der Waals surface area contributed by atoms with Crippen molar-refractivity contribution in [3.05, 3.63) is 52.5 Å². The Bertz CT molecular complexity index is 992. The van der Waals surface area contributed by atoms with Gasteiger partial charge in [0.25, 0.3) is 5.91 Å². The number of likely N-dealkylation sites (tertiary alicyclic amines) is 1. The summed E-state index contributed by atoms with van der Waals surface area (Å²) in [5.74, 6) is -0.527. The van der Waals surface area contributed by atoms with Crippen LogP contribution in [0.25, 0.3) is 10.2 Å². The van der Waals surface area contributed by atoms with Crippen LogP contribution in [0.5, 0.6) is 0 Å². The van der Waals surface area contributed by atoms with Gasteiger partial charge in [0.2, 0.25) is 5.91 Å². The van der Waals surface area contributed by atoms with Crippen molar-refractivity contribution in [1.29, 1.82) is 0 Å². The summed E-state index contributed by atoms with van der Waals surface area (Å²) < 4.78 is 1.95. The number of rotatable bonds is 4. The van der Waals surface area contributed by atoms with Crippen molar-refractivity contribution in [2.75, 3.05) is 6.54 Å². The second-order valence-electron chi connectivity index (χ2n) is 6.97. The third-order valence-corrected chi connectivity index (χ3v) is 6.22. The Morgan fingerprint density at radius 2 is 2.04 bits per heavy atom. The lowest BCUT2D eigenvalue weighted by atomic mass is 10.0. The molecule has 2 aromatic heterocycles. The molecular formula is C20H22N4O2S. The summed E-state index contributed by atoms with van der Waals surface area (Å²) in [5.41, 5.74) is 7.58. The third-order valence-electron chi connectivity index (χ3n) is 5.09. The highest BCUT2D eigenvalue weighted by Gasteiger charge is 2.32. The fraction of sp³-hybridized carbons (Fsp3) is 0.350. The highest BCUT2D eigenvalue weighted by molar-refractivity contribution is 7.20. The number of carbonyl (C=O) groups excluding carboxylic acids is 2. The van der Waals surface area contributed by atoms with Gasteiger partial charge in [0.1, 0.15) is 10.9 Å². The van der Waals surface area contributed by atoms with Crippen LogP contribution in [0.4, 0.5) is 0 Å². The summed E-state index contributed by atoms with van der Waals surface area (Å²) in [7, 11) is 0. The highest BCUT2D eigenvalue weighted by Crippen LogP contribution is 2.31. The predicted molar refractivity (Wildman–Crippen MR) is 106 cm³/mol. The van der Waals surface area contributed by atoms with Crippen molar-refractivity contribution in [2.45, 2.75) is 38.8 Å². The van der Waals surface area contributed by atoms with Gasteiger partial charge in [-0.1, -0.05) is 30.3 Å². The number of fused-ring (bicyclic) bond motifs is 1. The molecule has 0 bridgehead atoms. The fourth-order valence-corrected chi connectivity index (χ4v) is 4.81. The van der Waals surface area contributed by atoms with Crippen LogP contribution >= 0.6 is 11.3 Å². The first-order valence-electron chi connectivity index (χ1n) is 9.16. The predicted octanol–water partition coefficient (Wildman–Crippen LogP) is 2.93. The first-order valence-corrected chi connectivity index (χ1v) is 9.97. The number of benzene rings is 1. The normalized spacial score (nSPS) is 17.4. The lowest BCUT2D eigenvalue weighted by molar-refractivity contribution is -0.123. The summed E-state index contributed by atoms with van der Waals surface area (Å²) in [5, 5.41) is 5.62. The summed E-state index contributed by atoms with van der Waals surface area (Å²) in [6, 6.07) is 11.5. The van der Waals surface area contributed by atoms with Crippen molar-refractivity contribution in [2.24, 2.45) is 5.73 Å². The molecule has 3 aromatic rings. The maximum Gasteiger partial charge on any atom is 0.264 e. The Hall–Kier alpha value is -2.67. The molecule has 1 fully saturated rings. The number of nitrogens with zero attached hydrogens (tertiary/aromatic N) is 3. The van der Waals surface area contributed by atoms with Gasteiger partial charge in [-0.25, -0.2) is 0 Å². The minimum absolute atomic E-state index is 0.106.